The average Bonchev–Trinajstić information content (AvgIpc) is 2.84. The van der Waals surface area contributed by atoms with Crippen LogP contribution < -0.4 is 20.7 Å². The van der Waals surface area contributed by atoms with Crippen LogP contribution in [0.5, 0.6) is 5.75 Å². The summed E-state index contributed by atoms with van der Waals surface area (Å²) in [4.78, 5) is 39.8. The third-order valence-corrected chi connectivity index (χ3v) is 6.92. The Hall–Kier alpha value is -2.65. The van der Waals surface area contributed by atoms with E-state index in [1.807, 2.05) is 33.8 Å². The normalized spacial score (nSPS) is 17.9. The van der Waals surface area contributed by atoms with Gasteiger partial charge in [-0.1, -0.05) is 53.2 Å². The molecule has 1 heterocycles. The molecule has 0 aliphatic carbocycles. The molecule has 0 saturated carbocycles. The van der Waals surface area contributed by atoms with E-state index in [0.717, 1.165) is 12.8 Å². The number of ether oxygens (including phenoxy) is 2. The summed E-state index contributed by atoms with van der Waals surface area (Å²) in [7, 11) is 1.28. The molecular weight excluding hydrogens is 474 g/mol. The van der Waals surface area contributed by atoms with Gasteiger partial charge in [-0.15, -0.1) is 0 Å². The summed E-state index contributed by atoms with van der Waals surface area (Å²) in [6, 6.07) is 6.47. The van der Waals surface area contributed by atoms with Crippen LogP contribution in [-0.2, 0) is 19.1 Å². The van der Waals surface area contributed by atoms with E-state index in [4.69, 9.17) is 15.2 Å². The summed E-state index contributed by atoms with van der Waals surface area (Å²) in [5.41, 5.74) is 6.46. The average molecular weight is 520 g/mol. The molecule has 4 N–H and O–H groups in total. The number of unbranched alkanes of at least 4 members (excludes halogenated alkanes) is 1. The van der Waals surface area contributed by atoms with E-state index in [9.17, 15) is 19.5 Å². The number of amides is 2. The van der Waals surface area contributed by atoms with Gasteiger partial charge in [-0.2, -0.15) is 0 Å². The molecule has 0 spiro atoms. The number of nitrogens with zero attached hydrogens (tertiary/aromatic N) is 1. The van der Waals surface area contributed by atoms with Crippen LogP contribution in [0.1, 0.15) is 66.7 Å². The number of aliphatic hydroxyl groups excluding tert-OH is 1. The lowest BCUT2D eigenvalue weighted by Gasteiger charge is -2.36. The van der Waals surface area contributed by atoms with Gasteiger partial charge in [0.15, 0.2) is 0 Å². The number of nitrogens with two attached hydrogens (primary N) is 1. The van der Waals surface area contributed by atoms with Crippen molar-refractivity contribution in [3.8, 4) is 5.75 Å². The molecule has 0 fully saturated rings. The number of methoxy groups -OCH3 is 1. The van der Waals surface area contributed by atoms with Crippen LogP contribution in [0.3, 0.4) is 0 Å². The summed E-state index contributed by atoms with van der Waals surface area (Å²) >= 11 is 0. The van der Waals surface area contributed by atoms with E-state index in [1.54, 1.807) is 23.1 Å². The first-order valence-corrected chi connectivity index (χ1v) is 13.2. The number of rotatable bonds is 13. The van der Waals surface area contributed by atoms with Crippen molar-refractivity contribution >= 4 is 23.5 Å². The van der Waals surface area contributed by atoms with E-state index in [1.165, 1.54) is 7.11 Å². The van der Waals surface area contributed by atoms with Crippen LogP contribution in [0.25, 0.3) is 0 Å². The Morgan fingerprint density at radius 3 is 2.57 bits per heavy atom. The van der Waals surface area contributed by atoms with Crippen molar-refractivity contribution in [2.45, 2.75) is 85.0 Å². The Balaban J connectivity index is 2.04. The number of para-hydroxylation sites is 2. The van der Waals surface area contributed by atoms with Crippen LogP contribution in [0.15, 0.2) is 24.3 Å². The maximum absolute atomic E-state index is 13.4. The molecule has 9 nitrogen and oxygen atoms in total. The summed E-state index contributed by atoms with van der Waals surface area (Å²) in [6.45, 7) is 10.5. The molecule has 2 rings (SSSR count). The first kappa shape index (κ1) is 30.6. The third kappa shape index (κ3) is 8.71. The van der Waals surface area contributed by atoms with Gasteiger partial charge < -0.3 is 30.5 Å². The van der Waals surface area contributed by atoms with E-state index in [0.29, 0.717) is 24.4 Å². The Kier molecular flexibility index (Phi) is 11.4. The van der Waals surface area contributed by atoms with Gasteiger partial charge in [0.1, 0.15) is 5.75 Å². The van der Waals surface area contributed by atoms with Crippen molar-refractivity contribution in [2.75, 3.05) is 25.1 Å². The third-order valence-electron chi connectivity index (χ3n) is 6.92. The number of hydrogen-bond donors (Lipinski definition) is 3. The molecule has 0 bridgehead atoms. The highest BCUT2D eigenvalue weighted by molar-refractivity contribution is 5.97. The van der Waals surface area contributed by atoms with Gasteiger partial charge in [0, 0.05) is 24.9 Å². The lowest BCUT2D eigenvalue weighted by Crippen LogP contribution is -2.49. The Labute approximate surface area is 221 Å². The van der Waals surface area contributed by atoms with Crippen LogP contribution in [0.4, 0.5) is 5.69 Å². The zero-order valence-corrected chi connectivity index (χ0v) is 23.2. The zero-order valence-electron chi connectivity index (χ0n) is 23.2. The molecule has 1 aromatic rings. The van der Waals surface area contributed by atoms with Crippen molar-refractivity contribution in [1.29, 1.82) is 0 Å². The highest BCUT2D eigenvalue weighted by Crippen LogP contribution is 2.36. The fourth-order valence-corrected chi connectivity index (χ4v) is 4.71. The number of nitrogens with one attached hydrogen (secondary N) is 1. The highest BCUT2D eigenvalue weighted by atomic mass is 16.6. The minimum Gasteiger partial charge on any atom is -0.475 e. The molecule has 208 valence electrons. The van der Waals surface area contributed by atoms with Gasteiger partial charge in [-0.05, 0) is 42.7 Å². The SMILES string of the molecule is CCCCNC(=O)C(C[C@H](O)[C@@H](N)CC(C)(C)CC(=O)N1CC(C(=O)OC)Oc2ccccc21)C(C)C. The van der Waals surface area contributed by atoms with Crippen molar-refractivity contribution in [3.05, 3.63) is 24.3 Å². The second-order valence-corrected chi connectivity index (χ2v) is 11.1. The number of esters is 1. The lowest BCUT2D eigenvalue weighted by atomic mass is 9.78. The van der Waals surface area contributed by atoms with Gasteiger partial charge in [0.2, 0.25) is 17.9 Å². The number of carbonyl (C=O) groups is 3. The fraction of sp³-hybridized carbons (Fsp3) is 0.679. The summed E-state index contributed by atoms with van der Waals surface area (Å²) < 4.78 is 10.6. The number of fused-ring (bicyclic) bond motifs is 1. The molecule has 4 atom stereocenters. The maximum Gasteiger partial charge on any atom is 0.348 e. The van der Waals surface area contributed by atoms with E-state index in [2.05, 4.69) is 12.2 Å². The second-order valence-electron chi connectivity index (χ2n) is 11.1. The molecule has 0 radical (unpaired) electrons. The fourth-order valence-electron chi connectivity index (χ4n) is 4.71. The summed E-state index contributed by atoms with van der Waals surface area (Å²) in [6.07, 6.45) is 0.912. The smallest absolute Gasteiger partial charge is 0.348 e. The standard InChI is InChI=1S/C28H45N3O6/c1-7-8-13-30-26(34)19(18(2)3)14-22(32)20(29)15-28(4,5)16-25(33)31-17-24(27(35)36-6)37-23-12-10-9-11-21(23)31/h9-12,18-20,22,24,32H,7-8,13-17,29H2,1-6H3,(H,30,34)/t19?,20-,22-,24?/m0/s1. The van der Waals surface area contributed by atoms with Crippen molar-refractivity contribution in [3.63, 3.8) is 0 Å². The van der Waals surface area contributed by atoms with Gasteiger partial charge in [-0.25, -0.2) is 4.79 Å². The molecule has 1 aromatic carbocycles. The summed E-state index contributed by atoms with van der Waals surface area (Å²) in [5.74, 6) is -0.624. The molecule has 0 saturated heterocycles. The molecule has 2 amide bonds. The first-order chi connectivity index (χ1) is 17.4. The number of carbonyl (C=O) groups excluding carboxylic acids is 3. The van der Waals surface area contributed by atoms with Crippen LogP contribution in [0, 0.1) is 17.3 Å². The molecule has 1 aliphatic heterocycles. The first-order valence-electron chi connectivity index (χ1n) is 13.2. The quantitative estimate of drug-likeness (QED) is 0.270. The largest absolute Gasteiger partial charge is 0.475 e. The zero-order chi connectivity index (χ0) is 27.8. The second kappa shape index (κ2) is 13.8. The lowest BCUT2D eigenvalue weighted by molar-refractivity contribution is -0.148. The van der Waals surface area contributed by atoms with Crippen molar-refractivity contribution < 1.29 is 29.0 Å². The van der Waals surface area contributed by atoms with Gasteiger partial charge in [-0.3, -0.25) is 9.59 Å². The summed E-state index contributed by atoms with van der Waals surface area (Å²) in [5, 5.41) is 13.8. The maximum atomic E-state index is 13.4. The minimum absolute atomic E-state index is 0.0521. The molecule has 1 aliphatic rings. The highest BCUT2D eigenvalue weighted by Gasteiger charge is 2.37. The molecule has 0 aromatic heterocycles. The predicted molar refractivity (Wildman–Crippen MR) is 143 cm³/mol. The molecule has 2 unspecified atom stereocenters. The minimum atomic E-state index is -0.910. The Morgan fingerprint density at radius 1 is 1.27 bits per heavy atom. The molecule has 9 heteroatoms. The Bertz CT molecular complexity index is 919. The monoisotopic (exact) mass is 519 g/mol. The van der Waals surface area contributed by atoms with Crippen LogP contribution in [-0.4, -0.2) is 61.3 Å². The van der Waals surface area contributed by atoms with E-state index < -0.39 is 29.6 Å². The Morgan fingerprint density at radius 2 is 1.95 bits per heavy atom. The van der Waals surface area contributed by atoms with Gasteiger partial charge in [0.25, 0.3) is 0 Å². The van der Waals surface area contributed by atoms with Crippen LogP contribution in [0.2, 0.25) is 0 Å². The molecule has 37 heavy (non-hydrogen) atoms. The number of anilines is 1. The van der Waals surface area contributed by atoms with E-state index in [-0.39, 0.29) is 43.0 Å². The van der Waals surface area contributed by atoms with E-state index >= 15 is 0 Å². The number of hydrogen-bond acceptors (Lipinski definition) is 7. The molecular formula is C28H45N3O6. The predicted octanol–water partition coefficient (Wildman–Crippen LogP) is 3.03. The number of aliphatic hydroxyl groups is 1. The van der Waals surface area contributed by atoms with Crippen LogP contribution >= 0.6 is 0 Å². The van der Waals surface area contributed by atoms with Gasteiger partial charge in [0.05, 0.1) is 25.4 Å². The van der Waals surface area contributed by atoms with Crippen molar-refractivity contribution in [1.82, 2.24) is 5.32 Å². The van der Waals surface area contributed by atoms with Crippen molar-refractivity contribution in [2.24, 2.45) is 23.0 Å². The topological polar surface area (TPSA) is 131 Å². The number of benzene rings is 1. The van der Waals surface area contributed by atoms with Gasteiger partial charge >= 0.3 is 5.97 Å².